The average molecular weight is 268 g/mol. The SMILES string of the molecule is CC(C)[C@@](C)(C#N)NC(=O)CSc1nnnn1C. The molecule has 0 aromatic carbocycles. The molecule has 1 atom stereocenters. The van der Waals surface area contributed by atoms with Gasteiger partial charge in [0.2, 0.25) is 11.1 Å². The highest BCUT2D eigenvalue weighted by atomic mass is 32.2. The minimum atomic E-state index is -0.851. The van der Waals surface area contributed by atoms with Gasteiger partial charge in [0.1, 0.15) is 5.54 Å². The van der Waals surface area contributed by atoms with E-state index in [1.807, 2.05) is 13.8 Å². The van der Waals surface area contributed by atoms with Crippen LogP contribution in [-0.4, -0.2) is 37.4 Å². The van der Waals surface area contributed by atoms with Gasteiger partial charge in [-0.05, 0) is 23.3 Å². The summed E-state index contributed by atoms with van der Waals surface area (Å²) in [6.07, 6.45) is 0. The van der Waals surface area contributed by atoms with Gasteiger partial charge in [-0.15, -0.1) is 5.10 Å². The van der Waals surface area contributed by atoms with E-state index >= 15 is 0 Å². The lowest BCUT2D eigenvalue weighted by Gasteiger charge is -2.27. The molecule has 0 saturated carbocycles. The molecule has 0 aliphatic rings. The highest BCUT2D eigenvalue weighted by Gasteiger charge is 2.29. The van der Waals surface area contributed by atoms with Crippen LogP contribution in [0.15, 0.2) is 5.16 Å². The minimum absolute atomic E-state index is 0.0351. The maximum atomic E-state index is 11.8. The third-order valence-corrected chi connectivity index (χ3v) is 3.71. The monoisotopic (exact) mass is 268 g/mol. The van der Waals surface area contributed by atoms with Gasteiger partial charge in [0, 0.05) is 7.05 Å². The van der Waals surface area contributed by atoms with E-state index < -0.39 is 5.54 Å². The second-order valence-corrected chi connectivity index (χ2v) is 5.33. The molecule has 0 spiro atoms. The van der Waals surface area contributed by atoms with E-state index in [9.17, 15) is 4.79 Å². The summed E-state index contributed by atoms with van der Waals surface area (Å²) in [6.45, 7) is 5.50. The van der Waals surface area contributed by atoms with Gasteiger partial charge >= 0.3 is 0 Å². The van der Waals surface area contributed by atoms with Crippen molar-refractivity contribution in [2.24, 2.45) is 13.0 Å². The number of hydrogen-bond acceptors (Lipinski definition) is 6. The van der Waals surface area contributed by atoms with E-state index in [1.165, 1.54) is 16.4 Å². The van der Waals surface area contributed by atoms with Crippen molar-refractivity contribution in [1.29, 1.82) is 5.26 Å². The van der Waals surface area contributed by atoms with E-state index in [4.69, 9.17) is 5.26 Å². The predicted octanol–water partition coefficient (Wildman–Crippen LogP) is 0.357. The number of nitrogens with zero attached hydrogens (tertiary/aromatic N) is 5. The molecular formula is C10H16N6OS. The lowest BCUT2D eigenvalue weighted by Crippen LogP contribution is -2.49. The van der Waals surface area contributed by atoms with Crippen LogP contribution >= 0.6 is 11.8 Å². The maximum Gasteiger partial charge on any atom is 0.231 e. The Kier molecular flexibility index (Phi) is 4.67. The summed E-state index contributed by atoms with van der Waals surface area (Å²) >= 11 is 1.23. The van der Waals surface area contributed by atoms with E-state index in [-0.39, 0.29) is 17.6 Å². The fourth-order valence-electron chi connectivity index (χ4n) is 1.10. The van der Waals surface area contributed by atoms with Crippen LogP contribution in [0, 0.1) is 17.2 Å². The van der Waals surface area contributed by atoms with Crippen molar-refractivity contribution in [1.82, 2.24) is 25.5 Å². The third kappa shape index (κ3) is 3.43. The van der Waals surface area contributed by atoms with Gasteiger partial charge in [0.15, 0.2) is 0 Å². The minimum Gasteiger partial charge on any atom is -0.337 e. The number of nitrogens with one attached hydrogen (secondary N) is 1. The molecule has 0 aliphatic heterocycles. The van der Waals surface area contributed by atoms with E-state index in [1.54, 1.807) is 14.0 Å². The van der Waals surface area contributed by atoms with Crippen molar-refractivity contribution >= 4 is 17.7 Å². The Labute approximate surface area is 110 Å². The van der Waals surface area contributed by atoms with Gasteiger partial charge in [0.25, 0.3) is 0 Å². The molecule has 0 bridgehead atoms. The molecule has 98 valence electrons. The number of tetrazole rings is 1. The van der Waals surface area contributed by atoms with Gasteiger partial charge in [-0.3, -0.25) is 4.79 Å². The van der Waals surface area contributed by atoms with E-state index in [0.717, 1.165) is 0 Å². The number of amides is 1. The number of aryl methyl sites for hydroxylation is 1. The molecule has 0 radical (unpaired) electrons. The molecule has 0 unspecified atom stereocenters. The number of rotatable bonds is 5. The summed E-state index contributed by atoms with van der Waals surface area (Å²) in [4.78, 5) is 11.8. The normalized spacial score (nSPS) is 14.0. The van der Waals surface area contributed by atoms with Crippen LogP contribution in [0.4, 0.5) is 0 Å². The summed E-state index contributed by atoms with van der Waals surface area (Å²) in [5, 5.41) is 23.3. The van der Waals surface area contributed by atoms with Crippen LogP contribution in [0.5, 0.6) is 0 Å². The Morgan fingerprint density at radius 2 is 2.33 bits per heavy atom. The first-order valence-electron chi connectivity index (χ1n) is 5.46. The Balaban J connectivity index is 2.53. The van der Waals surface area contributed by atoms with Gasteiger partial charge in [-0.25, -0.2) is 4.68 Å². The highest BCUT2D eigenvalue weighted by Crippen LogP contribution is 2.17. The van der Waals surface area contributed by atoms with Crippen LogP contribution < -0.4 is 5.32 Å². The molecule has 0 fully saturated rings. The average Bonchev–Trinajstić information content (AvgIpc) is 2.72. The topological polar surface area (TPSA) is 96.5 Å². The molecule has 1 aromatic heterocycles. The number of carbonyl (C=O) groups excluding carboxylic acids is 1. The zero-order valence-electron chi connectivity index (χ0n) is 10.8. The van der Waals surface area contributed by atoms with Crippen LogP contribution in [-0.2, 0) is 11.8 Å². The fourth-order valence-corrected chi connectivity index (χ4v) is 1.75. The van der Waals surface area contributed by atoms with Crippen molar-refractivity contribution in [2.45, 2.75) is 31.5 Å². The predicted molar refractivity (Wildman–Crippen MR) is 66.5 cm³/mol. The van der Waals surface area contributed by atoms with E-state index in [0.29, 0.717) is 5.16 Å². The Hall–Kier alpha value is -1.62. The molecule has 7 nitrogen and oxygen atoms in total. The molecule has 0 aliphatic carbocycles. The van der Waals surface area contributed by atoms with Crippen molar-refractivity contribution < 1.29 is 4.79 Å². The number of nitriles is 1. The molecule has 1 rings (SSSR count). The first-order valence-corrected chi connectivity index (χ1v) is 6.45. The number of carbonyl (C=O) groups is 1. The molecule has 8 heteroatoms. The highest BCUT2D eigenvalue weighted by molar-refractivity contribution is 7.99. The Morgan fingerprint density at radius 3 is 2.78 bits per heavy atom. The second kappa shape index (κ2) is 5.82. The summed E-state index contributed by atoms with van der Waals surface area (Å²) in [5.74, 6) is 0.00627. The van der Waals surface area contributed by atoms with Gasteiger partial charge in [-0.1, -0.05) is 25.6 Å². The van der Waals surface area contributed by atoms with E-state index in [2.05, 4.69) is 26.9 Å². The summed E-state index contributed by atoms with van der Waals surface area (Å²) in [6, 6.07) is 2.13. The van der Waals surface area contributed by atoms with Gasteiger partial charge in [0.05, 0.1) is 11.8 Å². The van der Waals surface area contributed by atoms with Crippen LogP contribution in [0.1, 0.15) is 20.8 Å². The van der Waals surface area contributed by atoms with Crippen LogP contribution in [0.25, 0.3) is 0 Å². The standard InChI is InChI=1S/C10H16N6OS/c1-7(2)10(3,6-11)12-8(17)5-18-9-13-14-15-16(9)4/h7H,5H2,1-4H3,(H,12,17)/t10-/m1/s1. The number of aromatic nitrogens is 4. The summed E-state index contributed by atoms with van der Waals surface area (Å²) in [5.41, 5.74) is -0.851. The molecule has 18 heavy (non-hydrogen) atoms. The maximum absolute atomic E-state index is 11.8. The second-order valence-electron chi connectivity index (χ2n) is 4.39. The lowest BCUT2D eigenvalue weighted by atomic mass is 9.90. The first kappa shape index (κ1) is 14.4. The zero-order chi connectivity index (χ0) is 13.8. The van der Waals surface area contributed by atoms with Gasteiger partial charge < -0.3 is 5.32 Å². The summed E-state index contributed by atoms with van der Waals surface area (Å²) < 4.78 is 1.49. The largest absolute Gasteiger partial charge is 0.337 e. The third-order valence-electron chi connectivity index (χ3n) is 2.70. The smallest absolute Gasteiger partial charge is 0.231 e. The quantitative estimate of drug-likeness (QED) is 0.774. The lowest BCUT2D eigenvalue weighted by molar-refractivity contribution is -0.120. The van der Waals surface area contributed by atoms with Crippen molar-refractivity contribution in [3.63, 3.8) is 0 Å². The summed E-state index contributed by atoms with van der Waals surface area (Å²) in [7, 11) is 1.70. The molecule has 1 N–H and O–H groups in total. The van der Waals surface area contributed by atoms with Crippen molar-refractivity contribution in [3.05, 3.63) is 0 Å². The first-order chi connectivity index (χ1) is 8.39. The Bertz CT molecular complexity index is 465. The molecule has 1 aromatic rings. The van der Waals surface area contributed by atoms with Crippen LogP contribution in [0.3, 0.4) is 0 Å². The van der Waals surface area contributed by atoms with Crippen molar-refractivity contribution in [3.8, 4) is 6.07 Å². The molecular weight excluding hydrogens is 252 g/mol. The van der Waals surface area contributed by atoms with Crippen LogP contribution in [0.2, 0.25) is 0 Å². The number of hydrogen-bond donors (Lipinski definition) is 1. The van der Waals surface area contributed by atoms with Crippen molar-refractivity contribution in [2.75, 3.05) is 5.75 Å². The molecule has 0 saturated heterocycles. The Morgan fingerprint density at radius 1 is 1.67 bits per heavy atom. The number of thioether (sulfide) groups is 1. The molecule has 1 heterocycles. The zero-order valence-corrected chi connectivity index (χ0v) is 11.7. The fraction of sp³-hybridized carbons (Fsp3) is 0.700. The van der Waals surface area contributed by atoms with Gasteiger partial charge in [-0.2, -0.15) is 5.26 Å². The molecule has 1 amide bonds.